The number of benzene rings is 1. The second-order valence-electron chi connectivity index (χ2n) is 5.03. The molecule has 17 heavy (non-hydrogen) atoms. The van der Waals surface area contributed by atoms with E-state index in [2.05, 4.69) is 4.99 Å². The third-order valence-electron chi connectivity index (χ3n) is 3.61. The lowest BCUT2D eigenvalue weighted by atomic mass is 9.95. The van der Waals surface area contributed by atoms with Gasteiger partial charge in [0.15, 0.2) is 0 Å². The van der Waals surface area contributed by atoms with Crippen molar-refractivity contribution in [2.75, 3.05) is 7.11 Å². The molecule has 1 fully saturated rings. The number of carbonyl (C=O) groups excluding carboxylic acids is 1. The van der Waals surface area contributed by atoms with Crippen molar-refractivity contribution < 1.29 is 9.53 Å². The molecule has 0 atom stereocenters. The van der Waals surface area contributed by atoms with Gasteiger partial charge >= 0.3 is 0 Å². The number of nitrogens with zero attached hydrogens (tertiary/aromatic N) is 1. The van der Waals surface area contributed by atoms with Gasteiger partial charge in [-0.2, -0.15) is 4.99 Å². The highest BCUT2D eigenvalue weighted by Crippen LogP contribution is 2.49. The van der Waals surface area contributed by atoms with Gasteiger partial charge in [-0.05, 0) is 37.8 Å². The Bertz CT molecular complexity index is 452. The Morgan fingerprint density at radius 3 is 2.29 bits per heavy atom. The molecule has 90 valence electrons. The number of isocyanates is 1. The van der Waals surface area contributed by atoms with Crippen LogP contribution in [0.1, 0.15) is 37.8 Å². The Labute approximate surface area is 102 Å². The van der Waals surface area contributed by atoms with Crippen LogP contribution in [-0.2, 0) is 20.7 Å². The summed E-state index contributed by atoms with van der Waals surface area (Å²) in [5.74, 6) is 0. The molecule has 0 amide bonds. The van der Waals surface area contributed by atoms with Gasteiger partial charge in [0.25, 0.3) is 0 Å². The van der Waals surface area contributed by atoms with Crippen LogP contribution in [0.25, 0.3) is 0 Å². The summed E-state index contributed by atoms with van der Waals surface area (Å²) in [6.07, 6.45) is 3.55. The van der Waals surface area contributed by atoms with E-state index in [9.17, 15) is 4.79 Å². The highest BCUT2D eigenvalue weighted by molar-refractivity contribution is 5.42. The van der Waals surface area contributed by atoms with E-state index in [1.165, 1.54) is 0 Å². The maximum Gasteiger partial charge on any atom is 0.235 e. The van der Waals surface area contributed by atoms with Crippen molar-refractivity contribution >= 4 is 6.08 Å². The van der Waals surface area contributed by atoms with Crippen LogP contribution in [0, 0.1) is 0 Å². The maximum atomic E-state index is 10.4. The summed E-state index contributed by atoms with van der Waals surface area (Å²) >= 11 is 0. The van der Waals surface area contributed by atoms with Crippen molar-refractivity contribution in [2.45, 2.75) is 37.8 Å². The number of hydrogen-bond donors (Lipinski definition) is 0. The molecule has 0 spiro atoms. The topological polar surface area (TPSA) is 38.7 Å². The fourth-order valence-corrected chi connectivity index (χ4v) is 1.97. The average molecular weight is 231 g/mol. The molecular weight excluding hydrogens is 214 g/mol. The molecule has 1 aromatic rings. The SMILES string of the molecule is COC(C)(C)c1ccc(C2(N=C=O)CC2)cc1. The molecule has 0 unspecified atom stereocenters. The lowest BCUT2D eigenvalue weighted by Crippen LogP contribution is -2.19. The van der Waals surface area contributed by atoms with Crippen LogP contribution in [0.5, 0.6) is 0 Å². The Kier molecular flexibility index (Phi) is 2.90. The first-order valence-corrected chi connectivity index (χ1v) is 5.79. The molecule has 3 heteroatoms. The zero-order chi connectivity index (χ0) is 12.5. The Morgan fingerprint density at radius 1 is 1.29 bits per heavy atom. The highest BCUT2D eigenvalue weighted by Gasteiger charge is 2.44. The smallest absolute Gasteiger partial charge is 0.235 e. The molecule has 0 radical (unpaired) electrons. The first kappa shape index (κ1) is 12.0. The van der Waals surface area contributed by atoms with Crippen molar-refractivity contribution in [3.05, 3.63) is 35.4 Å². The van der Waals surface area contributed by atoms with Gasteiger partial charge in [0.05, 0.1) is 11.1 Å². The fraction of sp³-hybridized carbons (Fsp3) is 0.500. The van der Waals surface area contributed by atoms with Crippen LogP contribution in [0.2, 0.25) is 0 Å². The predicted molar refractivity (Wildman–Crippen MR) is 65.5 cm³/mol. The van der Waals surface area contributed by atoms with Gasteiger partial charge in [-0.1, -0.05) is 24.3 Å². The summed E-state index contributed by atoms with van der Waals surface area (Å²) in [4.78, 5) is 14.3. The lowest BCUT2D eigenvalue weighted by molar-refractivity contribution is 0.0192. The molecule has 0 aliphatic heterocycles. The number of methoxy groups -OCH3 is 1. The number of aliphatic imine (C=N–C) groups is 1. The van der Waals surface area contributed by atoms with Gasteiger partial charge in [-0.15, -0.1) is 0 Å². The van der Waals surface area contributed by atoms with Crippen LogP contribution in [-0.4, -0.2) is 13.2 Å². The van der Waals surface area contributed by atoms with E-state index in [0.29, 0.717) is 0 Å². The normalized spacial score (nSPS) is 17.4. The molecule has 1 aliphatic rings. The van der Waals surface area contributed by atoms with E-state index in [1.807, 2.05) is 38.1 Å². The summed E-state index contributed by atoms with van der Waals surface area (Å²) in [7, 11) is 1.70. The maximum absolute atomic E-state index is 10.4. The van der Waals surface area contributed by atoms with Crippen molar-refractivity contribution in [2.24, 2.45) is 4.99 Å². The predicted octanol–water partition coefficient (Wildman–Crippen LogP) is 2.89. The summed E-state index contributed by atoms with van der Waals surface area (Å²) in [6, 6.07) is 8.15. The molecule has 1 aliphatic carbocycles. The molecule has 1 saturated carbocycles. The van der Waals surface area contributed by atoms with E-state index >= 15 is 0 Å². The zero-order valence-electron chi connectivity index (χ0n) is 10.5. The minimum atomic E-state index is -0.289. The van der Waals surface area contributed by atoms with Crippen LogP contribution >= 0.6 is 0 Å². The molecular formula is C14H17NO2. The molecule has 0 heterocycles. The van der Waals surface area contributed by atoms with Gasteiger partial charge in [-0.25, -0.2) is 4.79 Å². The first-order valence-electron chi connectivity index (χ1n) is 5.79. The number of ether oxygens (including phenoxy) is 1. The second kappa shape index (κ2) is 4.10. The Hall–Kier alpha value is -1.44. The largest absolute Gasteiger partial charge is 0.374 e. The van der Waals surface area contributed by atoms with E-state index in [-0.39, 0.29) is 11.1 Å². The van der Waals surface area contributed by atoms with Gasteiger partial charge in [0.1, 0.15) is 0 Å². The van der Waals surface area contributed by atoms with Crippen LogP contribution in [0.4, 0.5) is 0 Å². The molecule has 0 saturated heterocycles. The third-order valence-corrected chi connectivity index (χ3v) is 3.61. The van der Waals surface area contributed by atoms with Crippen LogP contribution in [0.3, 0.4) is 0 Å². The minimum Gasteiger partial charge on any atom is -0.374 e. The first-order chi connectivity index (χ1) is 8.04. The molecule has 1 aromatic carbocycles. The second-order valence-corrected chi connectivity index (χ2v) is 5.03. The van der Waals surface area contributed by atoms with Crippen LogP contribution < -0.4 is 0 Å². The van der Waals surface area contributed by atoms with E-state index < -0.39 is 0 Å². The monoisotopic (exact) mass is 231 g/mol. The van der Waals surface area contributed by atoms with Crippen molar-refractivity contribution in [1.29, 1.82) is 0 Å². The summed E-state index contributed by atoms with van der Waals surface area (Å²) < 4.78 is 5.43. The molecule has 0 bridgehead atoms. The Balaban J connectivity index is 2.28. The standard InChI is InChI=1S/C14H17NO2/c1-13(2,17-3)11-4-6-12(7-5-11)14(8-9-14)15-10-16/h4-7H,8-9H2,1-3H3. The quantitative estimate of drug-likeness (QED) is 0.590. The molecule has 2 rings (SSSR count). The summed E-state index contributed by atoms with van der Waals surface area (Å²) in [5.41, 5.74) is 1.65. The fourth-order valence-electron chi connectivity index (χ4n) is 1.97. The molecule has 0 aromatic heterocycles. The minimum absolute atomic E-state index is 0.280. The number of rotatable bonds is 4. The van der Waals surface area contributed by atoms with Gasteiger partial charge < -0.3 is 4.74 Å². The van der Waals surface area contributed by atoms with E-state index in [1.54, 1.807) is 13.2 Å². The van der Waals surface area contributed by atoms with Gasteiger partial charge in [0.2, 0.25) is 6.08 Å². The lowest BCUT2D eigenvalue weighted by Gasteiger charge is -2.24. The van der Waals surface area contributed by atoms with Gasteiger partial charge in [-0.3, -0.25) is 0 Å². The van der Waals surface area contributed by atoms with Crippen molar-refractivity contribution in [1.82, 2.24) is 0 Å². The van der Waals surface area contributed by atoms with E-state index in [4.69, 9.17) is 4.74 Å². The highest BCUT2D eigenvalue weighted by atomic mass is 16.5. The Morgan fingerprint density at radius 2 is 1.88 bits per heavy atom. The molecule has 0 N–H and O–H groups in total. The third kappa shape index (κ3) is 2.17. The summed E-state index contributed by atoms with van der Waals surface area (Å²) in [6.45, 7) is 4.05. The average Bonchev–Trinajstić information content (AvgIpc) is 3.11. The van der Waals surface area contributed by atoms with Crippen LogP contribution in [0.15, 0.2) is 29.3 Å². The number of hydrogen-bond acceptors (Lipinski definition) is 3. The molecule has 3 nitrogen and oxygen atoms in total. The summed E-state index contributed by atoms with van der Waals surface area (Å²) in [5, 5.41) is 0. The van der Waals surface area contributed by atoms with Crippen molar-refractivity contribution in [3.8, 4) is 0 Å². The zero-order valence-corrected chi connectivity index (χ0v) is 10.5. The van der Waals surface area contributed by atoms with E-state index in [0.717, 1.165) is 24.0 Å². The van der Waals surface area contributed by atoms with Crippen molar-refractivity contribution in [3.63, 3.8) is 0 Å². The van der Waals surface area contributed by atoms with Gasteiger partial charge in [0, 0.05) is 7.11 Å².